The van der Waals surface area contributed by atoms with E-state index in [0.717, 1.165) is 12.1 Å². The molecule has 0 saturated heterocycles. The Morgan fingerprint density at radius 1 is 1.29 bits per heavy atom. The Kier molecular flexibility index (Phi) is 7.66. The minimum absolute atomic E-state index is 0. The van der Waals surface area contributed by atoms with Gasteiger partial charge in [0.15, 0.2) is 0 Å². The van der Waals surface area contributed by atoms with E-state index in [0.29, 0.717) is 12.5 Å². The molecule has 0 radical (unpaired) electrons. The van der Waals surface area contributed by atoms with E-state index in [-0.39, 0.29) is 58.0 Å². The van der Waals surface area contributed by atoms with E-state index in [1.165, 1.54) is 6.08 Å². The molecule has 0 aliphatic heterocycles. The molecule has 0 aliphatic carbocycles. The number of halogens is 4. The zero-order valence-electron chi connectivity index (χ0n) is 9.43. The first-order valence-corrected chi connectivity index (χ1v) is 4.68. The summed E-state index contributed by atoms with van der Waals surface area (Å²) in [6.45, 7) is -1.73. The van der Waals surface area contributed by atoms with Crippen molar-refractivity contribution < 1.29 is 73.5 Å². The average Bonchev–Trinajstić information content (AvgIpc) is 2.16. The number of hydrogen-bond acceptors (Lipinski definition) is 1. The Morgan fingerprint density at radius 3 is 2.47 bits per heavy atom. The third-order valence-corrected chi connectivity index (χ3v) is 1.91. The summed E-state index contributed by atoms with van der Waals surface area (Å²) in [5.74, 6) is -1.22. The van der Waals surface area contributed by atoms with E-state index < -0.39 is 24.0 Å². The SMILES string of the molecule is C=CCCOc1cc(F)ccc1[B-](F)(F)F.[K+]. The van der Waals surface area contributed by atoms with Gasteiger partial charge in [0.25, 0.3) is 0 Å². The molecule has 1 nitrogen and oxygen atoms in total. The Morgan fingerprint density at radius 2 is 1.94 bits per heavy atom. The number of ether oxygens (including phenoxy) is 1. The molecular weight excluding hydrogens is 262 g/mol. The van der Waals surface area contributed by atoms with Crippen molar-refractivity contribution in [1.29, 1.82) is 0 Å². The molecule has 0 atom stereocenters. The van der Waals surface area contributed by atoms with Crippen molar-refractivity contribution in [2.45, 2.75) is 6.42 Å². The number of rotatable bonds is 5. The predicted molar refractivity (Wildman–Crippen MR) is 55.4 cm³/mol. The quantitative estimate of drug-likeness (QED) is 0.313. The van der Waals surface area contributed by atoms with E-state index in [1.807, 2.05) is 0 Å². The Labute approximate surface area is 140 Å². The second-order valence-electron chi connectivity index (χ2n) is 3.18. The van der Waals surface area contributed by atoms with Crippen LogP contribution in [0.15, 0.2) is 30.9 Å². The molecular formula is C10H10BF4KO. The largest absolute Gasteiger partial charge is 1.00 e. The molecule has 0 aliphatic rings. The van der Waals surface area contributed by atoms with E-state index in [1.54, 1.807) is 0 Å². The van der Waals surface area contributed by atoms with Gasteiger partial charge in [-0.1, -0.05) is 17.6 Å². The van der Waals surface area contributed by atoms with Crippen LogP contribution in [0.1, 0.15) is 6.42 Å². The molecule has 0 saturated carbocycles. The van der Waals surface area contributed by atoms with Gasteiger partial charge in [0.05, 0.1) is 12.4 Å². The fourth-order valence-electron chi connectivity index (χ4n) is 1.16. The smallest absolute Gasteiger partial charge is 0.496 e. The van der Waals surface area contributed by atoms with Crippen LogP contribution in [0.25, 0.3) is 0 Å². The molecule has 88 valence electrons. The van der Waals surface area contributed by atoms with Gasteiger partial charge in [0, 0.05) is 6.07 Å². The van der Waals surface area contributed by atoms with Crippen LogP contribution in [0.3, 0.4) is 0 Å². The summed E-state index contributed by atoms with van der Waals surface area (Å²) in [6.07, 6.45) is 1.92. The second kappa shape index (κ2) is 7.58. The van der Waals surface area contributed by atoms with Crippen LogP contribution in [0.2, 0.25) is 0 Å². The second-order valence-corrected chi connectivity index (χ2v) is 3.18. The minimum Gasteiger partial charge on any atom is -0.496 e. The molecule has 1 aromatic carbocycles. The van der Waals surface area contributed by atoms with Crippen LogP contribution in [-0.2, 0) is 0 Å². The molecule has 0 N–H and O–H groups in total. The van der Waals surface area contributed by atoms with Crippen molar-refractivity contribution in [2.24, 2.45) is 0 Å². The zero-order chi connectivity index (χ0) is 12.2. The van der Waals surface area contributed by atoms with Crippen LogP contribution in [0.5, 0.6) is 5.75 Å². The molecule has 1 rings (SSSR count). The number of benzene rings is 1. The van der Waals surface area contributed by atoms with Crippen molar-refractivity contribution in [3.63, 3.8) is 0 Å². The first-order chi connectivity index (χ1) is 7.45. The van der Waals surface area contributed by atoms with E-state index in [9.17, 15) is 17.3 Å². The standard InChI is InChI=1S/C10H10BF4O.K/c1-2-3-6-16-10-7-8(12)4-5-9(10)11(13,14)15;/h2,4-5,7H,1,3,6H2;/q-1;+1. The van der Waals surface area contributed by atoms with Crippen LogP contribution in [0, 0.1) is 5.82 Å². The topological polar surface area (TPSA) is 9.23 Å². The molecule has 0 bridgehead atoms. The van der Waals surface area contributed by atoms with Gasteiger partial charge in [-0.2, -0.15) is 0 Å². The Balaban J connectivity index is 0.00000256. The molecule has 0 heterocycles. The molecule has 1 aromatic rings. The Bertz CT molecular complexity index is 381. The van der Waals surface area contributed by atoms with Crippen molar-refractivity contribution in [2.75, 3.05) is 6.61 Å². The van der Waals surface area contributed by atoms with Gasteiger partial charge in [-0.25, -0.2) is 4.39 Å². The van der Waals surface area contributed by atoms with Crippen molar-refractivity contribution in [1.82, 2.24) is 0 Å². The first kappa shape index (κ1) is 17.2. The van der Waals surface area contributed by atoms with Gasteiger partial charge in [0.2, 0.25) is 0 Å². The average molecular weight is 272 g/mol. The molecule has 0 aromatic heterocycles. The van der Waals surface area contributed by atoms with Gasteiger partial charge in [-0.3, -0.25) is 0 Å². The molecule has 7 heteroatoms. The predicted octanol–water partition coefficient (Wildman–Crippen LogP) is -0.161. The summed E-state index contributed by atoms with van der Waals surface area (Å²) in [6, 6.07) is 2.21. The summed E-state index contributed by atoms with van der Waals surface area (Å²) >= 11 is 0. The van der Waals surface area contributed by atoms with Crippen LogP contribution in [0.4, 0.5) is 17.3 Å². The fraction of sp³-hybridized carbons (Fsp3) is 0.200. The summed E-state index contributed by atoms with van der Waals surface area (Å²) in [5.41, 5.74) is -0.912. The minimum atomic E-state index is -5.19. The van der Waals surface area contributed by atoms with E-state index >= 15 is 0 Å². The molecule has 0 fully saturated rings. The van der Waals surface area contributed by atoms with Crippen LogP contribution in [-0.4, -0.2) is 13.6 Å². The maximum Gasteiger partial charge on any atom is 1.00 e. The normalized spacial score (nSPS) is 10.6. The van der Waals surface area contributed by atoms with E-state index in [2.05, 4.69) is 6.58 Å². The summed E-state index contributed by atoms with van der Waals surface area (Å²) < 4.78 is 55.2. The summed E-state index contributed by atoms with van der Waals surface area (Å²) in [5, 5.41) is 0. The molecule has 0 spiro atoms. The van der Waals surface area contributed by atoms with Gasteiger partial charge >= 0.3 is 58.4 Å². The molecule has 0 unspecified atom stereocenters. The van der Waals surface area contributed by atoms with Crippen LogP contribution < -0.4 is 61.6 Å². The third-order valence-electron chi connectivity index (χ3n) is 1.91. The van der Waals surface area contributed by atoms with Gasteiger partial charge in [-0.05, 0) is 12.5 Å². The zero-order valence-corrected chi connectivity index (χ0v) is 12.6. The third kappa shape index (κ3) is 5.57. The van der Waals surface area contributed by atoms with E-state index in [4.69, 9.17) is 4.74 Å². The summed E-state index contributed by atoms with van der Waals surface area (Å²) in [4.78, 5) is 0. The summed E-state index contributed by atoms with van der Waals surface area (Å²) in [7, 11) is 0. The van der Waals surface area contributed by atoms with Gasteiger partial charge < -0.3 is 17.7 Å². The van der Waals surface area contributed by atoms with Gasteiger partial charge in [-0.15, -0.1) is 6.58 Å². The first-order valence-electron chi connectivity index (χ1n) is 4.68. The van der Waals surface area contributed by atoms with Crippen molar-refractivity contribution >= 4 is 12.4 Å². The van der Waals surface area contributed by atoms with Gasteiger partial charge in [0.1, 0.15) is 5.82 Å². The van der Waals surface area contributed by atoms with Crippen molar-refractivity contribution in [3.8, 4) is 5.75 Å². The maximum atomic E-state index is 12.8. The maximum absolute atomic E-state index is 12.8. The number of hydrogen-bond donors (Lipinski definition) is 0. The van der Waals surface area contributed by atoms with Crippen LogP contribution >= 0.6 is 0 Å². The Hall–Kier alpha value is 0.181. The monoisotopic (exact) mass is 272 g/mol. The van der Waals surface area contributed by atoms with Crippen molar-refractivity contribution in [3.05, 3.63) is 36.7 Å². The molecule has 0 amide bonds. The molecule has 17 heavy (non-hydrogen) atoms. The fourth-order valence-corrected chi connectivity index (χ4v) is 1.16.